The smallest absolute Gasteiger partial charge is 0.243 e. The minimum atomic E-state index is -0.614. The second kappa shape index (κ2) is 5.34. The number of amides is 1. The topological polar surface area (TPSA) is 44.1 Å². The third kappa shape index (κ3) is 2.55. The summed E-state index contributed by atoms with van der Waals surface area (Å²) in [5, 5.41) is 8.93. The molecule has 0 radical (unpaired) electrons. The van der Waals surface area contributed by atoms with Crippen molar-refractivity contribution in [3.05, 3.63) is 0 Å². The molecule has 1 saturated heterocycles. The Kier molecular flexibility index (Phi) is 4.35. The maximum absolute atomic E-state index is 12.0. The van der Waals surface area contributed by atoms with Crippen LogP contribution < -0.4 is 0 Å². The number of piperidine rings is 1. The standard InChI is InChI=1S/C11H16N2O.C2H6/c1-9-3-2-6-13(7-9)10(14)11(8-12)4-5-11;1-2/h9H,2-7H2,1H3;1-2H3. The van der Waals surface area contributed by atoms with Gasteiger partial charge in [0.1, 0.15) is 5.41 Å². The number of likely N-dealkylation sites (tertiary alicyclic amines) is 1. The van der Waals surface area contributed by atoms with E-state index in [1.54, 1.807) is 0 Å². The van der Waals surface area contributed by atoms with Gasteiger partial charge in [-0.15, -0.1) is 0 Å². The Balaban J connectivity index is 0.000000606. The molecule has 1 atom stereocenters. The van der Waals surface area contributed by atoms with E-state index in [2.05, 4.69) is 13.0 Å². The summed E-state index contributed by atoms with van der Waals surface area (Å²) in [7, 11) is 0. The highest BCUT2D eigenvalue weighted by Crippen LogP contribution is 2.46. The fourth-order valence-electron chi connectivity index (χ4n) is 2.18. The zero-order valence-electron chi connectivity index (χ0n) is 10.6. The first kappa shape index (κ1) is 13.0. The van der Waals surface area contributed by atoms with E-state index in [0.29, 0.717) is 5.92 Å². The fourth-order valence-corrected chi connectivity index (χ4v) is 2.18. The first-order chi connectivity index (χ1) is 7.68. The van der Waals surface area contributed by atoms with Gasteiger partial charge in [-0.05, 0) is 31.6 Å². The number of nitrogens with zero attached hydrogens (tertiary/aromatic N) is 2. The highest BCUT2D eigenvalue weighted by atomic mass is 16.2. The van der Waals surface area contributed by atoms with Gasteiger partial charge < -0.3 is 4.90 Å². The number of carbonyl (C=O) groups excluding carboxylic acids is 1. The van der Waals surface area contributed by atoms with Crippen LogP contribution in [0.2, 0.25) is 0 Å². The molecular weight excluding hydrogens is 200 g/mol. The summed E-state index contributed by atoms with van der Waals surface area (Å²) in [5.41, 5.74) is -0.614. The molecule has 1 unspecified atom stereocenters. The highest BCUT2D eigenvalue weighted by molar-refractivity contribution is 5.88. The van der Waals surface area contributed by atoms with E-state index in [1.165, 1.54) is 6.42 Å². The van der Waals surface area contributed by atoms with E-state index in [0.717, 1.165) is 32.4 Å². The summed E-state index contributed by atoms with van der Waals surface area (Å²) in [6.07, 6.45) is 3.85. The Morgan fingerprint density at radius 2 is 2.06 bits per heavy atom. The van der Waals surface area contributed by atoms with E-state index in [1.807, 2.05) is 18.7 Å². The summed E-state index contributed by atoms with van der Waals surface area (Å²) >= 11 is 0. The molecule has 3 heteroatoms. The second-order valence-corrected chi connectivity index (χ2v) is 4.69. The molecule has 0 aromatic rings. The molecule has 2 aliphatic rings. The van der Waals surface area contributed by atoms with Gasteiger partial charge in [-0.3, -0.25) is 4.79 Å². The predicted octanol–water partition coefficient (Wildman–Crippen LogP) is 2.57. The Hall–Kier alpha value is -1.04. The van der Waals surface area contributed by atoms with Crippen molar-refractivity contribution in [2.24, 2.45) is 11.3 Å². The third-order valence-corrected chi connectivity index (χ3v) is 3.32. The van der Waals surface area contributed by atoms with Crippen LogP contribution in [-0.2, 0) is 4.79 Å². The molecule has 2 fully saturated rings. The lowest BCUT2D eigenvalue weighted by molar-refractivity contribution is -0.136. The van der Waals surface area contributed by atoms with Gasteiger partial charge in [-0.1, -0.05) is 20.8 Å². The van der Waals surface area contributed by atoms with Crippen LogP contribution in [0.5, 0.6) is 0 Å². The van der Waals surface area contributed by atoms with Crippen molar-refractivity contribution < 1.29 is 4.79 Å². The van der Waals surface area contributed by atoms with Gasteiger partial charge in [0.25, 0.3) is 0 Å². The van der Waals surface area contributed by atoms with Crippen LogP contribution in [0.15, 0.2) is 0 Å². The van der Waals surface area contributed by atoms with Crippen LogP contribution in [0.3, 0.4) is 0 Å². The molecule has 1 aliphatic carbocycles. The molecule has 0 aromatic heterocycles. The fraction of sp³-hybridized carbons (Fsp3) is 0.846. The van der Waals surface area contributed by atoms with Crippen LogP contribution in [-0.4, -0.2) is 23.9 Å². The first-order valence-electron chi connectivity index (χ1n) is 6.38. The number of hydrogen-bond donors (Lipinski definition) is 0. The van der Waals surface area contributed by atoms with E-state index >= 15 is 0 Å². The maximum atomic E-state index is 12.0. The molecule has 3 nitrogen and oxygen atoms in total. The summed E-state index contributed by atoms with van der Waals surface area (Å²) in [4.78, 5) is 13.9. The average Bonchev–Trinajstić information content (AvgIpc) is 3.12. The number of carbonyl (C=O) groups is 1. The Morgan fingerprint density at radius 3 is 2.50 bits per heavy atom. The van der Waals surface area contributed by atoms with Crippen molar-refractivity contribution in [1.29, 1.82) is 5.26 Å². The van der Waals surface area contributed by atoms with E-state index < -0.39 is 5.41 Å². The van der Waals surface area contributed by atoms with Crippen LogP contribution in [0.25, 0.3) is 0 Å². The molecule has 2 rings (SSSR count). The SMILES string of the molecule is CC.CC1CCCN(C(=O)C2(C#N)CC2)C1. The van der Waals surface area contributed by atoms with Gasteiger partial charge in [0, 0.05) is 13.1 Å². The van der Waals surface area contributed by atoms with Gasteiger partial charge >= 0.3 is 0 Å². The molecule has 1 saturated carbocycles. The minimum Gasteiger partial charge on any atom is -0.341 e. The van der Waals surface area contributed by atoms with Crippen molar-refractivity contribution in [1.82, 2.24) is 4.90 Å². The quantitative estimate of drug-likeness (QED) is 0.684. The molecule has 0 aromatic carbocycles. The Labute approximate surface area is 98.4 Å². The van der Waals surface area contributed by atoms with Crippen LogP contribution in [0.1, 0.15) is 46.5 Å². The molecule has 1 amide bonds. The zero-order valence-corrected chi connectivity index (χ0v) is 10.6. The molecule has 0 spiro atoms. The molecule has 16 heavy (non-hydrogen) atoms. The number of rotatable bonds is 1. The lowest BCUT2D eigenvalue weighted by Gasteiger charge is -2.32. The van der Waals surface area contributed by atoms with E-state index in [9.17, 15) is 4.79 Å². The van der Waals surface area contributed by atoms with Gasteiger partial charge in [0.2, 0.25) is 5.91 Å². The van der Waals surface area contributed by atoms with Gasteiger partial charge in [-0.25, -0.2) is 0 Å². The molecule has 0 bridgehead atoms. The summed E-state index contributed by atoms with van der Waals surface area (Å²) in [5.74, 6) is 0.689. The van der Waals surface area contributed by atoms with Gasteiger partial charge in [0.05, 0.1) is 6.07 Å². The average molecular weight is 222 g/mol. The predicted molar refractivity (Wildman–Crippen MR) is 63.6 cm³/mol. The van der Waals surface area contributed by atoms with Crippen LogP contribution in [0.4, 0.5) is 0 Å². The maximum Gasteiger partial charge on any atom is 0.243 e. The largest absolute Gasteiger partial charge is 0.341 e. The van der Waals surface area contributed by atoms with Crippen LogP contribution >= 0.6 is 0 Å². The number of hydrogen-bond acceptors (Lipinski definition) is 2. The minimum absolute atomic E-state index is 0.0894. The van der Waals surface area contributed by atoms with Crippen molar-refractivity contribution in [2.75, 3.05) is 13.1 Å². The summed E-state index contributed by atoms with van der Waals surface area (Å²) in [6.45, 7) is 7.88. The summed E-state index contributed by atoms with van der Waals surface area (Å²) in [6, 6.07) is 2.17. The first-order valence-corrected chi connectivity index (χ1v) is 6.38. The molecule has 1 heterocycles. The molecule has 0 N–H and O–H groups in total. The normalized spacial score (nSPS) is 26.1. The van der Waals surface area contributed by atoms with E-state index in [-0.39, 0.29) is 5.91 Å². The van der Waals surface area contributed by atoms with Crippen molar-refractivity contribution >= 4 is 5.91 Å². The van der Waals surface area contributed by atoms with Crippen molar-refractivity contribution in [3.63, 3.8) is 0 Å². The Bertz CT molecular complexity index is 289. The van der Waals surface area contributed by atoms with Crippen LogP contribution in [0, 0.1) is 22.7 Å². The highest BCUT2D eigenvalue weighted by Gasteiger charge is 2.52. The zero-order chi connectivity index (χ0) is 12.2. The summed E-state index contributed by atoms with van der Waals surface area (Å²) < 4.78 is 0. The lowest BCUT2D eigenvalue weighted by atomic mass is 9.98. The second-order valence-electron chi connectivity index (χ2n) is 4.69. The third-order valence-electron chi connectivity index (χ3n) is 3.32. The Morgan fingerprint density at radius 1 is 1.44 bits per heavy atom. The monoisotopic (exact) mass is 222 g/mol. The van der Waals surface area contributed by atoms with Crippen molar-refractivity contribution in [3.8, 4) is 6.07 Å². The molecule has 1 aliphatic heterocycles. The molecular formula is C13H22N2O. The lowest BCUT2D eigenvalue weighted by Crippen LogP contribution is -2.42. The molecule has 90 valence electrons. The van der Waals surface area contributed by atoms with Gasteiger partial charge in [-0.2, -0.15) is 5.26 Å². The van der Waals surface area contributed by atoms with Crippen molar-refractivity contribution in [2.45, 2.75) is 46.5 Å². The van der Waals surface area contributed by atoms with Gasteiger partial charge in [0.15, 0.2) is 0 Å². The number of nitriles is 1. The van der Waals surface area contributed by atoms with E-state index in [4.69, 9.17) is 5.26 Å².